The van der Waals surface area contributed by atoms with E-state index < -0.39 is 5.60 Å². The van der Waals surface area contributed by atoms with Crippen LogP contribution in [0, 0.1) is 13.8 Å². The Labute approximate surface area is 177 Å². The van der Waals surface area contributed by atoms with Gasteiger partial charge < -0.3 is 9.84 Å². The molecule has 0 amide bonds. The first-order valence-electron chi connectivity index (χ1n) is 9.59. The lowest BCUT2D eigenvalue weighted by Gasteiger charge is -2.23. The molecule has 1 N–H and O–H groups in total. The molecule has 0 unspecified atom stereocenters. The number of esters is 1. The van der Waals surface area contributed by atoms with Crippen LogP contribution in [0.3, 0.4) is 0 Å². The molecule has 1 heterocycles. The Balaban J connectivity index is 2.87. The van der Waals surface area contributed by atoms with E-state index in [0.717, 1.165) is 16.7 Å². The van der Waals surface area contributed by atoms with E-state index in [1.807, 2.05) is 19.1 Å². The predicted molar refractivity (Wildman–Crippen MR) is 115 cm³/mol. The van der Waals surface area contributed by atoms with E-state index in [2.05, 4.69) is 4.98 Å². The maximum Gasteiger partial charge on any atom is 0.310 e. The molecule has 0 atom stereocenters. The van der Waals surface area contributed by atoms with Crippen molar-refractivity contribution in [1.29, 1.82) is 0 Å². The molecule has 2 aromatic rings. The molecule has 0 aliphatic rings. The van der Waals surface area contributed by atoms with Gasteiger partial charge in [0.15, 0.2) is 5.78 Å². The zero-order valence-corrected chi connectivity index (χ0v) is 18.6. The maximum absolute atomic E-state index is 12.5. The van der Waals surface area contributed by atoms with E-state index in [4.69, 9.17) is 16.3 Å². The van der Waals surface area contributed by atoms with Gasteiger partial charge in [0.25, 0.3) is 0 Å². The summed E-state index contributed by atoms with van der Waals surface area (Å²) in [5.74, 6) is -0.447. The van der Waals surface area contributed by atoms with Crippen molar-refractivity contribution in [2.45, 2.75) is 59.5 Å². The number of Topliss-reactive ketones (excluding diaryl/α,β-unsaturated/α-hetero) is 1. The average Bonchev–Trinajstić information content (AvgIpc) is 2.63. The molecular weight excluding hydrogens is 390 g/mol. The molecule has 6 heteroatoms. The number of ketones is 1. The molecule has 5 nitrogen and oxygen atoms in total. The van der Waals surface area contributed by atoms with Crippen LogP contribution in [0.4, 0.5) is 0 Å². The SMILES string of the molecule is CCC(=O)c1nc(C)c(CC(=O)OC)c(-c2ccc(Cl)cc2CC(C)(C)O)c1C. The summed E-state index contributed by atoms with van der Waals surface area (Å²) in [7, 11) is 1.34. The van der Waals surface area contributed by atoms with Gasteiger partial charge in [-0.1, -0.05) is 24.6 Å². The van der Waals surface area contributed by atoms with E-state index in [9.17, 15) is 14.7 Å². The highest BCUT2D eigenvalue weighted by Gasteiger charge is 2.25. The van der Waals surface area contributed by atoms with Gasteiger partial charge in [0.1, 0.15) is 5.69 Å². The van der Waals surface area contributed by atoms with Crippen LogP contribution in [-0.4, -0.2) is 34.6 Å². The minimum absolute atomic E-state index is 0.0384. The number of carbonyl (C=O) groups is 2. The van der Waals surface area contributed by atoms with Crippen molar-refractivity contribution < 1.29 is 19.4 Å². The number of methoxy groups -OCH3 is 1. The molecule has 29 heavy (non-hydrogen) atoms. The highest BCUT2D eigenvalue weighted by atomic mass is 35.5. The lowest BCUT2D eigenvalue weighted by atomic mass is 9.85. The summed E-state index contributed by atoms with van der Waals surface area (Å²) in [6.45, 7) is 8.88. The number of ether oxygens (including phenoxy) is 1. The standard InChI is InChI=1S/C23H28ClNO4/c1-7-19(26)22-13(2)21(18(14(3)25-22)11-20(27)29-6)17-9-8-16(24)10-15(17)12-23(4,5)28/h8-10,28H,7,11-12H2,1-6H3. The summed E-state index contributed by atoms with van der Waals surface area (Å²) in [6, 6.07) is 5.45. The first-order chi connectivity index (χ1) is 13.5. The molecule has 0 spiro atoms. The van der Waals surface area contributed by atoms with Gasteiger partial charge in [0.2, 0.25) is 0 Å². The third kappa shape index (κ3) is 5.43. The Morgan fingerprint density at radius 3 is 2.45 bits per heavy atom. The lowest BCUT2D eigenvalue weighted by molar-refractivity contribution is -0.139. The van der Waals surface area contributed by atoms with Crippen molar-refractivity contribution >= 4 is 23.4 Å². The number of aromatic nitrogens is 1. The molecule has 0 saturated carbocycles. The summed E-state index contributed by atoms with van der Waals surface area (Å²) in [4.78, 5) is 29.1. The molecule has 0 bridgehead atoms. The fourth-order valence-electron chi connectivity index (χ4n) is 3.50. The molecule has 0 fully saturated rings. The molecular formula is C23H28ClNO4. The maximum atomic E-state index is 12.5. The number of nitrogens with zero attached hydrogens (tertiary/aromatic N) is 1. The van der Waals surface area contributed by atoms with Crippen molar-refractivity contribution in [3.8, 4) is 11.1 Å². The Kier molecular flexibility index (Phi) is 7.20. The Morgan fingerprint density at radius 1 is 1.24 bits per heavy atom. The van der Waals surface area contributed by atoms with Crippen LogP contribution >= 0.6 is 11.6 Å². The number of hydrogen-bond acceptors (Lipinski definition) is 5. The number of carbonyl (C=O) groups excluding carboxylic acids is 2. The first kappa shape index (κ1) is 23.0. The largest absolute Gasteiger partial charge is 0.469 e. The van der Waals surface area contributed by atoms with E-state index in [-0.39, 0.29) is 18.2 Å². The van der Waals surface area contributed by atoms with E-state index in [1.165, 1.54) is 7.11 Å². The van der Waals surface area contributed by atoms with Crippen LogP contribution in [0.2, 0.25) is 5.02 Å². The Bertz CT molecular complexity index is 945. The molecule has 1 aromatic carbocycles. The minimum atomic E-state index is -0.958. The lowest BCUT2D eigenvalue weighted by Crippen LogP contribution is -2.22. The van der Waals surface area contributed by atoms with Gasteiger partial charge in [0.05, 0.1) is 19.1 Å². The molecule has 0 aliphatic heterocycles. The van der Waals surface area contributed by atoms with Crippen LogP contribution in [0.15, 0.2) is 18.2 Å². The van der Waals surface area contributed by atoms with Crippen LogP contribution < -0.4 is 0 Å². The number of aliphatic hydroxyl groups is 1. The topological polar surface area (TPSA) is 76.5 Å². The van der Waals surface area contributed by atoms with Gasteiger partial charge in [-0.2, -0.15) is 0 Å². The van der Waals surface area contributed by atoms with Gasteiger partial charge in [0, 0.05) is 23.6 Å². The monoisotopic (exact) mass is 417 g/mol. The number of benzene rings is 1. The van der Waals surface area contributed by atoms with Crippen molar-refractivity contribution in [3.63, 3.8) is 0 Å². The zero-order chi connectivity index (χ0) is 21.9. The smallest absolute Gasteiger partial charge is 0.310 e. The third-order valence-electron chi connectivity index (χ3n) is 4.84. The van der Waals surface area contributed by atoms with Crippen LogP contribution in [0.5, 0.6) is 0 Å². The second-order valence-electron chi connectivity index (χ2n) is 7.84. The minimum Gasteiger partial charge on any atom is -0.469 e. The summed E-state index contributed by atoms with van der Waals surface area (Å²) < 4.78 is 4.87. The fourth-order valence-corrected chi connectivity index (χ4v) is 3.69. The molecule has 0 saturated heterocycles. The van der Waals surface area contributed by atoms with Gasteiger partial charge in [-0.05, 0) is 67.6 Å². The quantitative estimate of drug-likeness (QED) is 0.524. The summed E-state index contributed by atoms with van der Waals surface area (Å²) in [5, 5.41) is 11.0. The van der Waals surface area contributed by atoms with Crippen molar-refractivity contribution in [2.75, 3.05) is 7.11 Å². The zero-order valence-electron chi connectivity index (χ0n) is 17.9. The Hall–Kier alpha value is -2.24. The van der Waals surface area contributed by atoms with E-state index in [0.29, 0.717) is 40.4 Å². The second-order valence-corrected chi connectivity index (χ2v) is 8.28. The number of halogens is 1. The molecule has 1 aromatic heterocycles. The molecule has 2 rings (SSSR count). The van der Waals surface area contributed by atoms with E-state index in [1.54, 1.807) is 33.8 Å². The average molecular weight is 418 g/mol. The molecule has 0 aliphatic carbocycles. The third-order valence-corrected chi connectivity index (χ3v) is 5.08. The summed E-state index contributed by atoms with van der Waals surface area (Å²) >= 11 is 6.23. The summed E-state index contributed by atoms with van der Waals surface area (Å²) in [6.07, 6.45) is 0.731. The highest BCUT2D eigenvalue weighted by molar-refractivity contribution is 6.30. The molecule has 0 radical (unpaired) electrons. The van der Waals surface area contributed by atoms with Gasteiger partial charge >= 0.3 is 5.97 Å². The fraction of sp³-hybridized carbons (Fsp3) is 0.435. The number of rotatable bonds is 7. The van der Waals surface area contributed by atoms with Crippen molar-refractivity contribution in [3.05, 3.63) is 51.3 Å². The van der Waals surface area contributed by atoms with Crippen LogP contribution in [0.25, 0.3) is 11.1 Å². The normalized spacial score (nSPS) is 11.4. The number of hydrogen-bond donors (Lipinski definition) is 1. The number of aryl methyl sites for hydroxylation is 1. The van der Waals surface area contributed by atoms with E-state index >= 15 is 0 Å². The highest BCUT2D eigenvalue weighted by Crippen LogP contribution is 2.36. The van der Waals surface area contributed by atoms with Gasteiger partial charge in [-0.25, -0.2) is 4.98 Å². The predicted octanol–water partition coefficient (Wildman–Crippen LogP) is 4.64. The van der Waals surface area contributed by atoms with Crippen molar-refractivity contribution in [1.82, 2.24) is 4.98 Å². The first-order valence-corrected chi connectivity index (χ1v) is 9.97. The van der Waals surface area contributed by atoms with Crippen LogP contribution in [-0.2, 0) is 22.4 Å². The van der Waals surface area contributed by atoms with Crippen LogP contribution in [0.1, 0.15) is 60.1 Å². The second kappa shape index (κ2) is 9.06. The van der Waals surface area contributed by atoms with Crippen molar-refractivity contribution in [2.24, 2.45) is 0 Å². The van der Waals surface area contributed by atoms with Gasteiger partial charge in [-0.3, -0.25) is 9.59 Å². The van der Waals surface area contributed by atoms with Gasteiger partial charge in [-0.15, -0.1) is 0 Å². The summed E-state index contributed by atoms with van der Waals surface area (Å²) in [5.41, 5.74) is 3.90. The number of pyridine rings is 1. The Morgan fingerprint density at radius 2 is 1.90 bits per heavy atom. The molecule has 156 valence electrons.